The molecule has 2 nitrogen and oxygen atoms in total. The van der Waals surface area contributed by atoms with Crippen LogP contribution in [0.2, 0.25) is 0 Å². The minimum atomic E-state index is 0.0555. The Labute approximate surface area is 116 Å². The van der Waals surface area contributed by atoms with Gasteiger partial charge in [-0.3, -0.25) is 9.59 Å². The van der Waals surface area contributed by atoms with Gasteiger partial charge < -0.3 is 0 Å². The van der Waals surface area contributed by atoms with E-state index in [0.29, 0.717) is 11.1 Å². The molecule has 0 spiro atoms. The van der Waals surface area contributed by atoms with Crippen LogP contribution in [0.4, 0.5) is 0 Å². The normalized spacial score (nSPS) is 10.2. The minimum Gasteiger partial charge on any atom is -0.295 e. The van der Waals surface area contributed by atoms with Crippen molar-refractivity contribution in [1.29, 1.82) is 0 Å². The van der Waals surface area contributed by atoms with E-state index < -0.39 is 0 Å². The van der Waals surface area contributed by atoms with Crippen molar-refractivity contribution in [1.82, 2.24) is 0 Å². The summed E-state index contributed by atoms with van der Waals surface area (Å²) < 4.78 is 0. The smallest absolute Gasteiger partial charge is 0.159 e. The SMILES string of the molecule is CC(=O)c1cccc(Sc2cccc(C(C)=O)c2)c1. The molecule has 0 atom stereocenters. The second kappa shape index (κ2) is 5.85. The molecule has 0 saturated heterocycles. The molecule has 0 bridgehead atoms. The molecule has 0 aliphatic carbocycles. The van der Waals surface area contributed by atoms with E-state index in [4.69, 9.17) is 0 Å². The van der Waals surface area contributed by atoms with Crippen LogP contribution in [-0.2, 0) is 0 Å². The maximum Gasteiger partial charge on any atom is 0.159 e. The van der Waals surface area contributed by atoms with Gasteiger partial charge in [0.2, 0.25) is 0 Å². The standard InChI is InChI=1S/C16H14O2S/c1-11(17)13-5-3-7-15(9-13)19-16-8-4-6-14(10-16)12(2)18/h3-10H,1-2H3. The zero-order chi connectivity index (χ0) is 13.8. The molecule has 0 heterocycles. The molecule has 3 heteroatoms. The fourth-order valence-corrected chi connectivity index (χ4v) is 2.63. The molecule has 0 amide bonds. The van der Waals surface area contributed by atoms with Gasteiger partial charge in [0.05, 0.1) is 0 Å². The lowest BCUT2D eigenvalue weighted by atomic mass is 10.1. The van der Waals surface area contributed by atoms with Crippen LogP contribution >= 0.6 is 11.8 Å². The molecule has 0 saturated carbocycles. The van der Waals surface area contributed by atoms with Crippen molar-refractivity contribution in [3.8, 4) is 0 Å². The van der Waals surface area contributed by atoms with Crippen LogP contribution in [0.3, 0.4) is 0 Å². The maximum absolute atomic E-state index is 11.3. The molecule has 2 rings (SSSR count). The Balaban J connectivity index is 2.26. The predicted octanol–water partition coefficient (Wildman–Crippen LogP) is 4.24. The molecule has 0 aromatic heterocycles. The van der Waals surface area contributed by atoms with E-state index in [1.165, 1.54) is 0 Å². The Morgan fingerprint density at radius 3 is 1.58 bits per heavy atom. The number of rotatable bonds is 4. The average Bonchev–Trinajstić information content (AvgIpc) is 2.39. The molecule has 0 aliphatic rings. The zero-order valence-electron chi connectivity index (χ0n) is 10.8. The van der Waals surface area contributed by atoms with Gasteiger partial charge in [-0.15, -0.1) is 0 Å². The van der Waals surface area contributed by atoms with Crippen LogP contribution < -0.4 is 0 Å². The van der Waals surface area contributed by atoms with Gasteiger partial charge in [-0.25, -0.2) is 0 Å². The van der Waals surface area contributed by atoms with E-state index in [0.717, 1.165) is 9.79 Å². The Kier molecular flexibility index (Phi) is 4.17. The summed E-state index contributed by atoms with van der Waals surface area (Å²) >= 11 is 1.55. The van der Waals surface area contributed by atoms with Crippen molar-refractivity contribution in [2.45, 2.75) is 23.6 Å². The van der Waals surface area contributed by atoms with Gasteiger partial charge in [0, 0.05) is 20.9 Å². The highest BCUT2D eigenvalue weighted by Crippen LogP contribution is 2.28. The summed E-state index contributed by atoms with van der Waals surface area (Å²) in [7, 11) is 0. The molecule has 0 N–H and O–H groups in total. The third kappa shape index (κ3) is 3.55. The maximum atomic E-state index is 11.3. The van der Waals surface area contributed by atoms with Gasteiger partial charge in [-0.2, -0.15) is 0 Å². The van der Waals surface area contributed by atoms with Crippen LogP contribution in [0.25, 0.3) is 0 Å². The van der Waals surface area contributed by atoms with Gasteiger partial charge in [0.25, 0.3) is 0 Å². The largest absolute Gasteiger partial charge is 0.295 e. The molecule has 96 valence electrons. The lowest BCUT2D eigenvalue weighted by Crippen LogP contribution is -1.92. The number of hydrogen-bond acceptors (Lipinski definition) is 3. The minimum absolute atomic E-state index is 0.0555. The van der Waals surface area contributed by atoms with Crippen LogP contribution in [-0.4, -0.2) is 11.6 Å². The Bertz CT molecular complexity index is 577. The summed E-state index contributed by atoms with van der Waals surface area (Å²) in [6, 6.07) is 15.0. The summed E-state index contributed by atoms with van der Waals surface area (Å²) in [6.07, 6.45) is 0. The van der Waals surface area contributed by atoms with Crippen molar-refractivity contribution in [2.24, 2.45) is 0 Å². The fraction of sp³-hybridized carbons (Fsp3) is 0.125. The summed E-state index contributed by atoms with van der Waals surface area (Å²) in [4.78, 5) is 24.7. The quantitative estimate of drug-likeness (QED) is 0.779. The second-order valence-corrected chi connectivity index (χ2v) is 5.42. The zero-order valence-corrected chi connectivity index (χ0v) is 11.7. The molecule has 19 heavy (non-hydrogen) atoms. The van der Waals surface area contributed by atoms with Gasteiger partial charge in [0.15, 0.2) is 11.6 Å². The summed E-state index contributed by atoms with van der Waals surface area (Å²) in [5.41, 5.74) is 1.40. The number of benzene rings is 2. The summed E-state index contributed by atoms with van der Waals surface area (Å²) in [6.45, 7) is 3.11. The van der Waals surface area contributed by atoms with Gasteiger partial charge >= 0.3 is 0 Å². The first-order chi connectivity index (χ1) is 9.06. The number of carbonyl (C=O) groups is 2. The highest BCUT2D eigenvalue weighted by molar-refractivity contribution is 7.99. The highest BCUT2D eigenvalue weighted by atomic mass is 32.2. The van der Waals surface area contributed by atoms with E-state index in [2.05, 4.69) is 0 Å². The third-order valence-corrected chi connectivity index (χ3v) is 3.70. The molecule has 0 aliphatic heterocycles. The lowest BCUT2D eigenvalue weighted by Gasteiger charge is -2.04. The number of hydrogen-bond donors (Lipinski definition) is 0. The van der Waals surface area contributed by atoms with Gasteiger partial charge in [-0.05, 0) is 38.1 Å². The second-order valence-electron chi connectivity index (χ2n) is 4.27. The molecule has 2 aromatic rings. The average molecular weight is 270 g/mol. The Morgan fingerprint density at radius 1 is 0.789 bits per heavy atom. The van der Waals surface area contributed by atoms with E-state index >= 15 is 0 Å². The molecule has 0 radical (unpaired) electrons. The first kappa shape index (κ1) is 13.6. The van der Waals surface area contributed by atoms with Crippen LogP contribution in [0.1, 0.15) is 34.6 Å². The Hall–Kier alpha value is -1.87. The fourth-order valence-electron chi connectivity index (χ4n) is 1.69. The molecular weight excluding hydrogens is 256 g/mol. The summed E-state index contributed by atoms with van der Waals surface area (Å²) in [5.74, 6) is 0.111. The van der Waals surface area contributed by atoms with Gasteiger partial charge in [0.1, 0.15) is 0 Å². The molecular formula is C16H14O2S. The number of ketones is 2. The van der Waals surface area contributed by atoms with E-state index in [1.807, 2.05) is 36.4 Å². The highest BCUT2D eigenvalue weighted by Gasteiger charge is 2.04. The lowest BCUT2D eigenvalue weighted by molar-refractivity contribution is 0.100. The van der Waals surface area contributed by atoms with Gasteiger partial charge in [-0.1, -0.05) is 36.0 Å². The Morgan fingerprint density at radius 2 is 1.21 bits per heavy atom. The first-order valence-electron chi connectivity index (χ1n) is 5.96. The van der Waals surface area contributed by atoms with E-state index in [1.54, 1.807) is 37.7 Å². The van der Waals surface area contributed by atoms with Crippen molar-refractivity contribution in [3.63, 3.8) is 0 Å². The number of Topliss-reactive ketones (excluding diaryl/α,β-unsaturated/α-hetero) is 2. The van der Waals surface area contributed by atoms with Crippen molar-refractivity contribution >= 4 is 23.3 Å². The monoisotopic (exact) mass is 270 g/mol. The van der Waals surface area contributed by atoms with Crippen LogP contribution in [0.5, 0.6) is 0 Å². The van der Waals surface area contributed by atoms with Crippen LogP contribution in [0.15, 0.2) is 58.3 Å². The van der Waals surface area contributed by atoms with Crippen molar-refractivity contribution in [3.05, 3.63) is 59.7 Å². The first-order valence-corrected chi connectivity index (χ1v) is 6.78. The van der Waals surface area contributed by atoms with E-state index in [-0.39, 0.29) is 11.6 Å². The van der Waals surface area contributed by atoms with Crippen molar-refractivity contribution < 1.29 is 9.59 Å². The predicted molar refractivity (Wildman–Crippen MR) is 77.0 cm³/mol. The molecule has 0 fully saturated rings. The third-order valence-electron chi connectivity index (χ3n) is 2.72. The molecule has 0 unspecified atom stereocenters. The van der Waals surface area contributed by atoms with Crippen LogP contribution in [0, 0.1) is 0 Å². The summed E-state index contributed by atoms with van der Waals surface area (Å²) in [5, 5.41) is 0. The molecule has 2 aromatic carbocycles. The topological polar surface area (TPSA) is 34.1 Å². The number of carbonyl (C=O) groups excluding carboxylic acids is 2. The van der Waals surface area contributed by atoms with Crippen molar-refractivity contribution in [2.75, 3.05) is 0 Å². The van der Waals surface area contributed by atoms with E-state index in [9.17, 15) is 9.59 Å².